The Morgan fingerprint density at radius 3 is 2.30 bits per heavy atom. The second-order valence-corrected chi connectivity index (χ2v) is 6.54. The number of amides is 1. The van der Waals surface area contributed by atoms with E-state index in [4.69, 9.17) is 0 Å². The molecule has 0 radical (unpaired) electrons. The van der Waals surface area contributed by atoms with Gasteiger partial charge in [-0.1, -0.05) is 19.1 Å². The van der Waals surface area contributed by atoms with E-state index in [1.165, 1.54) is 10.6 Å². The van der Waals surface area contributed by atoms with Gasteiger partial charge in [-0.05, 0) is 30.5 Å². The van der Waals surface area contributed by atoms with E-state index in [1.807, 2.05) is 19.1 Å². The summed E-state index contributed by atoms with van der Waals surface area (Å²) in [7, 11) is -1.77. The Hall–Kier alpha value is -1.56. The highest BCUT2D eigenvalue weighted by Gasteiger charge is 2.17. The third kappa shape index (κ3) is 4.85. The predicted molar refractivity (Wildman–Crippen MR) is 81.3 cm³/mol. The second-order valence-electron chi connectivity index (χ2n) is 4.63. The third-order valence-electron chi connectivity index (χ3n) is 3.08. The van der Waals surface area contributed by atoms with Crippen LogP contribution in [-0.4, -0.2) is 34.2 Å². The first-order chi connectivity index (χ1) is 9.38. The molecule has 0 fully saturated rings. The zero-order valence-electron chi connectivity index (χ0n) is 12.2. The minimum absolute atomic E-state index is 0.0835. The highest BCUT2D eigenvalue weighted by molar-refractivity contribution is 7.92. The molecule has 0 aliphatic heterocycles. The predicted octanol–water partition coefficient (Wildman–Crippen LogP) is 1.54. The number of carbonyl (C=O) groups excluding carboxylic acids is 1. The molecule has 0 aliphatic rings. The van der Waals surface area contributed by atoms with E-state index in [9.17, 15) is 13.2 Å². The van der Waals surface area contributed by atoms with Crippen LogP contribution in [0.4, 0.5) is 5.69 Å². The van der Waals surface area contributed by atoms with Gasteiger partial charge < -0.3 is 5.32 Å². The van der Waals surface area contributed by atoms with Crippen molar-refractivity contribution in [2.75, 3.05) is 24.2 Å². The largest absolute Gasteiger partial charge is 0.359 e. The zero-order chi connectivity index (χ0) is 15.2. The Kier molecular flexibility index (Phi) is 6.01. The van der Waals surface area contributed by atoms with Gasteiger partial charge in [0.15, 0.2) is 0 Å². The zero-order valence-corrected chi connectivity index (χ0v) is 13.0. The fourth-order valence-electron chi connectivity index (χ4n) is 1.89. The van der Waals surface area contributed by atoms with E-state index >= 15 is 0 Å². The van der Waals surface area contributed by atoms with Crippen LogP contribution in [0.5, 0.6) is 0 Å². The molecule has 0 spiro atoms. The molecule has 0 aliphatic carbocycles. The number of hydrogen-bond acceptors (Lipinski definition) is 3. The van der Waals surface area contributed by atoms with Crippen molar-refractivity contribution in [1.29, 1.82) is 0 Å². The molecule has 6 heteroatoms. The first-order valence-electron chi connectivity index (χ1n) is 6.65. The van der Waals surface area contributed by atoms with Crippen molar-refractivity contribution in [3.8, 4) is 0 Å². The Morgan fingerprint density at radius 2 is 1.85 bits per heavy atom. The third-order valence-corrected chi connectivity index (χ3v) is 4.27. The molecule has 1 amide bonds. The van der Waals surface area contributed by atoms with Gasteiger partial charge in [0.05, 0.1) is 11.9 Å². The van der Waals surface area contributed by atoms with Gasteiger partial charge in [-0.15, -0.1) is 0 Å². The minimum Gasteiger partial charge on any atom is -0.359 e. The van der Waals surface area contributed by atoms with Crippen LogP contribution in [0, 0.1) is 0 Å². The molecule has 0 heterocycles. The molecule has 5 nitrogen and oxygen atoms in total. The maximum atomic E-state index is 11.9. The molecule has 1 aromatic rings. The standard InChI is InChI=1S/C14H22N2O3S/c1-4-12-7-9-13(10-8-12)16(20(3,18)19)11-5-6-14(17)15-2/h7-10H,4-6,11H2,1-3H3,(H,15,17). The summed E-state index contributed by atoms with van der Waals surface area (Å²) in [6.07, 6.45) is 2.90. The Morgan fingerprint density at radius 1 is 1.25 bits per heavy atom. The summed E-state index contributed by atoms with van der Waals surface area (Å²) in [6.45, 7) is 2.35. The molecule has 0 aromatic heterocycles. The monoisotopic (exact) mass is 298 g/mol. The summed E-state index contributed by atoms with van der Waals surface area (Å²) < 4.78 is 25.1. The van der Waals surface area contributed by atoms with E-state index < -0.39 is 10.0 Å². The van der Waals surface area contributed by atoms with E-state index in [-0.39, 0.29) is 5.91 Å². The molecule has 0 unspecified atom stereocenters. The van der Waals surface area contributed by atoms with E-state index in [0.717, 1.165) is 12.0 Å². The molecule has 1 N–H and O–H groups in total. The Balaban J connectivity index is 2.81. The number of hydrogen-bond donors (Lipinski definition) is 1. The summed E-state index contributed by atoms with van der Waals surface area (Å²) in [5.74, 6) is -0.0835. The smallest absolute Gasteiger partial charge is 0.232 e. The normalized spacial score (nSPS) is 11.2. The number of nitrogens with one attached hydrogen (secondary N) is 1. The molecular weight excluding hydrogens is 276 g/mol. The average Bonchev–Trinajstić information content (AvgIpc) is 2.42. The number of nitrogens with zero attached hydrogens (tertiary/aromatic N) is 1. The topological polar surface area (TPSA) is 66.5 Å². The Bertz CT molecular complexity index is 538. The van der Waals surface area contributed by atoms with Gasteiger partial charge in [-0.25, -0.2) is 8.42 Å². The highest BCUT2D eigenvalue weighted by Crippen LogP contribution is 2.19. The van der Waals surface area contributed by atoms with Gasteiger partial charge >= 0.3 is 0 Å². The van der Waals surface area contributed by atoms with E-state index in [1.54, 1.807) is 19.2 Å². The maximum Gasteiger partial charge on any atom is 0.232 e. The van der Waals surface area contributed by atoms with Crippen LogP contribution < -0.4 is 9.62 Å². The lowest BCUT2D eigenvalue weighted by molar-refractivity contribution is -0.120. The molecule has 0 saturated heterocycles. The lowest BCUT2D eigenvalue weighted by atomic mass is 10.1. The quantitative estimate of drug-likeness (QED) is 0.830. The van der Waals surface area contributed by atoms with Crippen molar-refractivity contribution in [1.82, 2.24) is 5.32 Å². The summed E-state index contributed by atoms with van der Waals surface area (Å²) in [4.78, 5) is 11.2. The molecule has 20 heavy (non-hydrogen) atoms. The molecule has 1 aromatic carbocycles. The molecule has 0 saturated carbocycles. The van der Waals surface area contributed by atoms with Gasteiger partial charge in [0.2, 0.25) is 15.9 Å². The fraction of sp³-hybridized carbons (Fsp3) is 0.500. The van der Waals surface area contributed by atoms with Crippen LogP contribution >= 0.6 is 0 Å². The first-order valence-corrected chi connectivity index (χ1v) is 8.50. The molecule has 1 rings (SSSR count). The number of sulfonamides is 1. The summed E-state index contributed by atoms with van der Waals surface area (Å²) in [5, 5.41) is 2.53. The van der Waals surface area contributed by atoms with Gasteiger partial charge in [0.1, 0.15) is 0 Å². The molecule has 0 atom stereocenters. The van der Waals surface area contributed by atoms with Crippen molar-refractivity contribution in [3.05, 3.63) is 29.8 Å². The van der Waals surface area contributed by atoms with Crippen LogP contribution in [0.25, 0.3) is 0 Å². The van der Waals surface area contributed by atoms with Crippen LogP contribution in [0.15, 0.2) is 24.3 Å². The Labute approximate surface area is 121 Å². The van der Waals surface area contributed by atoms with Crippen molar-refractivity contribution in [3.63, 3.8) is 0 Å². The highest BCUT2D eigenvalue weighted by atomic mass is 32.2. The number of carbonyl (C=O) groups is 1. The van der Waals surface area contributed by atoms with Gasteiger partial charge in [-0.3, -0.25) is 9.10 Å². The summed E-state index contributed by atoms with van der Waals surface area (Å²) >= 11 is 0. The first kappa shape index (κ1) is 16.5. The van der Waals surface area contributed by atoms with Gasteiger partial charge in [-0.2, -0.15) is 0 Å². The number of aryl methyl sites for hydroxylation is 1. The lowest BCUT2D eigenvalue weighted by Gasteiger charge is -2.22. The number of anilines is 1. The summed E-state index contributed by atoms with van der Waals surface area (Å²) in [5.41, 5.74) is 1.80. The average molecular weight is 298 g/mol. The van der Waals surface area contributed by atoms with Gasteiger partial charge in [0, 0.05) is 20.0 Å². The van der Waals surface area contributed by atoms with E-state index in [0.29, 0.717) is 25.1 Å². The van der Waals surface area contributed by atoms with Crippen LogP contribution in [-0.2, 0) is 21.2 Å². The number of rotatable bonds is 7. The van der Waals surface area contributed by atoms with Crippen molar-refractivity contribution >= 4 is 21.6 Å². The number of benzene rings is 1. The summed E-state index contributed by atoms with van der Waals surface area (Å²) in [6, 6.07) is 7.46. The van der Waals surface area contributed by atoms with E-state index in [2.05, 4.69) is 5.32 Å². The van der Waals surface area contributed by atoms with Gasteiger partial charge in [0.25, 0.3) is 0 Å². The van der Waals surface area contributed by atoms with Crippen molar-refractivity contribution in [2.24, 2.45) is 0 Å². The SMILES string of the molecule is CCc1ccc(N(CCCC(=O)NC)S(C)(=O)=O)cc1. The molecular formula is C14H22N2O3S. The van der Waals surface area contributed by atoms with Crippen molar-refractivity contribution in [2.45, 2.75) is 26.2 Å². The lowest BCUT2D eigenvalue weighted by Crippen LogP contribution is -2.31. The fourth-order valence-corrected chi connectivity index (χ4v) is 2.86. The maximum absolute atomic E-state index is 11.9. The molecule has 0 bridgehead atoms. The van der Waals surface area contributed by atoms with Crippen LogP contribution in [0.2, 0.25) is 0 Å². The minimum atomic E-state index is -3.34. The van der Waals surface area contributed by atoms with Crippen molar-refractivity contribution < 1.29 is 13.2 Å². The van der Waals surface area contributed by atoms with Crippen LogP contribution in [0.1, 0.15) is 25.3 Å². The molecule has 112 valence electrons. The second kappa shape index (κ2) is 7.28. The van der Waals surface area contributed by atoms with Crippen LogP contribution in [0.3, 0.4) is 0 Å².